The maximum absolute atomic E-state index is 13.8. The molecule has 0 saturated heterocycles. The number of nitrogens with zero attached hydrogens (tertiary/aromatic N) is 1. The van der Waals surface area contributed by atoms with E-state index in [0.717, 1.165) is 36.1 Å². The van der Waals surface area contributed by atoms with Gasteiger partial charge < -0.3 is 0 Å². The monoisotopic (exact) mass is 391 g/mol. The quantitative estimate of drug-likeness (QED) is 0.689. The van der Waals surface area contributed by atoms with E-state index in [1.807, 2.05) is 43.3 Å². The second kappa shape index (κ2) is 6.63. The lowest BCUT2D eigenvalue weighted by Gasteiger charge is -2.41. The highest BCUT2D eigenvalue weighted by Crippen LogP contribution is 2.47. The molecule has 0 bridgehead atoms. The number of anilines is 1. The van der Waals surface area contributed by atoms with E-state index in [1.165, 1.54) is 12.0 Å². The molecule has 0 radical (unpaired) electrons. The van der Waals surface area contributed by atoms with E-state index in [4.69, 9.17) is 0 Å². The van der Waals surface area contributed by atoms with Gasteiger partial charge in [-0.15, -0.1) is 0 Å². The van der Waals surface area contributed by atoms with E-state index in [9.17, 15) is 8.42 Å². The molecular formula is C24H25NO2S. The van der Waals surface area contributed by atoms with Gasteiger partial charge in [0.2, 0.25) is 0 Å². The number of benzene rings is 2. The third-order valence-corrected chi connectivity index (χ3v) is 8.48. The Hall–Kier alpha value is -2.33. The zero-order valence-electron chi connectivity index (χ0n) is 16.1. The van der Waals surface area contributed by atoms with Crippen LogP contribution < -0.4 is 4.31 Å². The number of hydrogen-bond donors (Lipinski definition) is 0. The minimum atomic E-state index is -3.64. The first-order chi connectivity index (χ1) is 13.6. The van der Waals surface area contributed by atoms with Gasteiger partial charge in [-0.25, -0.2) is 8.42 Å². The molecule has 0 aromatic heterocycles. The largest absolute Gasteiger partial charge is 0.265 e. The smallest absolute Gasteiger partial charge is 0.259 e. The van der Waals surface area contributed by atoms with Crippen LogP contribution in [0.4, 0.5) is 5.69 Å². The summed E-state index contributed by atoms with van der Waals surface area (Å²) in [4.78, 5) is 0.405. The summed E-state index contributed by atoms with van der Waals surface area (Å²) < 4.78 is 29.3. The molecule has 5 rings (SSSR count). The lowest BCUT2D eigenvalue weighted by Crippen LogP contribution is -2.47. The lowest BCUT2D eigenvalue weighted by molar-refractivity contribution is 0.404. The Kier molecular flexibility index (Phi) is 4.20. The molecule has 0 amide bonds. The molecule has 28 heavy (non-hydrogen) atoms. The number of rotatable bonds is 3. The second-order valence-electron chi connectivity index (χ2n) is 8.14. The molecular weight excluding hydrogens is 366 g/mol. The first-order valence-corrected chi connectivity index (χ1v) is 11.6. The first-order valence-electron chi connectivity index (χ1n) is 10.1. The number of para-hydroxylation sites is 1. The van der Waals surface area contributed by atoms with Crippen LogP contribution in [0.15, 0.2) is 77.2 Å². The maximum Gasteiger partial charge on any atom is 0.265 e. The van der Waals surface area contributed by atoms with Gasteiger partial charge in [0.1, 0.15) is 0 Å². The average molecular weight is 392 g/mol. The highest BCUT2D eigenvalue weighted by atomic mass is 32.2. The number of allylic oxidation sites excluding steroid dienone is 3. The SMILES string of the molecule is Cc1ccccc1S(=O)(=O)N1c2ccccc2CC2C(C3=CCCC3)C=CC21. The molecule has 3 atom stereocenters. The minimum Gasteiger partial charge on any atom is -0.259 e. The van der Waals surface area contributed by atoms with Crippen LogP contribution in [-0.4, -0.2) is 14.5 Å². The Labute approximate surface area is 167 Å². The van der Waals surface area contributed by atoms with Gasteiger partial charge in [-0.05, 0) is 61.8 Å². The van der Waals surface area contributed by atoms with Crippen molar-refractivity contribution in [3.8, 4) is 0 Å². The van der Waals surface area contributed by atoms with Crippen molar-refractivity contribution >= 4 is 15.7 Å². The van der Waals surface area contributed by atoms with Crippen LogP contribution in [-0.2, 0) is 16.4 Å². The zero-order chi connectivity index (χ0) is 19.3. The van der Waals surface area contributed by atoms with Crippen molar-refractivity contribution in [2.24, 2.45) is 11.8 Å². The van der Waals surface area contributed by atoms with Crippen LogP contribution in [0.5, 0.6) is 0 Å². The summed E-state index contributed by atoms with van der Waals surface area (Å²) in [5, 5.41) is 0. The van der Waals surface area contributed by atoms with Crippen molar-refractivity contribution in [1.82, 2.24) is 0 Å². The molecule has 144 valence electrons. The lowest BCUT2D eigenvalue weighted by atomic mass is 9.79. The molecule has 1 aliphatic heterocycles. The molecule has 0 spiro atoms. The fourth-order valence-electron chi connectivity index (χ4n) is 5.18. The van der Waals surface area contributed by atoms with E-state index in [2.05, 4.69) is 24.3 Å². The van der Waals surface area contributed by atoms with Crippen molar-refractivity contribution in [2.45, 2.75) is 43.5 Å². The van der Waals surface area contributed by atoms with Gasteiger partial charge in [0, 0.05) is 5.92 Å². The normalized spacial score (nSPS) is 26.1. The molecule has 2 aromatic rings. The van der Waals surface area contributed by atoms with Gasteiger partial charge >= 0.3 is 0 Å². The Morgan fingerprint density at radius 1 is 1.00 bits per heavy atom. The number of hydrogen-bond acceptors (Lipinski definition) is 2. The fourth-order valence-corrected chi connectivity index (χ4v) is 7.10. The van der Waals surface area contributed by atoms with Crippen LogP contribution in [0, 0.1) is 18.8 Å². The van der Waals surface area contributed by atoms with Crippen LogP contribution in [0.3, 0.4) is 0 Å². The summed E-state index contributed by atoms with van der Waals surface area (Å²) >= 11 is 0. The van der Waals surface area contributed by atoms with Gasteiger partial charge in [0.05, 0.1) is 16.6 Å². The van der Waals surface area contributed by atoms with E-state index < -0.39 is 10.0 Å². The van der Waals surface area contributed by atoms with E-state index in [1.54, 1.807) is 10.4 Å². The summed E-state index contributed by atoms with van der Waals surface area (Å²) in [6, 6.07) is 15.2. The predicted octanol–water partition coefficient (Wildman–Crippen LogP) is 5.03. The van der Waals surface area contributed by atoms with Gasteiger partial charge in [-0.2, -0.15) is 0 Å². The molecule has 3 unspecified atom stereocenters. The summed E-state index contributed by atoms with van der Waals surface area (Å²) in [5.41, 5.74) is 4.25. The number of fused-ring (bicyclic) bond motifs is 2. The van der Waals surface area contributed by atoms with Crippen molar-refractivity contribution in [3.63, 3.8) is 0 Å². The Morgan fingerprint density at radius 2 is 1.79 bits per heavy atom. The van der Waals surface area contributed by atoms with E-state index >= 15 is 0 Å². The topological polar surface area (TPSA) is 37.4 Å². The van der Waals surface area contributed by atoms with Crippen molar-refractivity contribution < 1.29 is 8.42 Å². The van der Waals surface area contributed by atoms with Crippen LogP contribution in [0.25, 0.3) is 0 Å². The van der Waals surface area contributed by atoms with Gasteiger partial charge in [-0.3, -0.25) is 4.31 Å². The van der Waals surface area contributed by atoms with Crippen molar-refractivity contribution in [2.75, 3.05) is 4.31 Å². The minimum absolute atomic E-state index is 0.119. The maximum atomic E-state index is 13.8. The molecule has 3 aliphatic rings. The van der Waals surface area contributed by atoms with Crippen LogP contribution in [0.1, 0.15) is 30.4 Å². The van der Waals surface area contributed by atoms with Gasteiger partial charge in [0.15, 0.2) is 0 Å². The van der Waals surface area contributed by atoms with E-state index in [-0.39, 0.29) is 12.0 Å². The van der Waals surface area contributed by atoms with Crippen LogP contribution in [0.2, 0.25) is 0 Å². The van der Waals surface area contributed by atoms with Gasteiger partial charge in [-0.1, -0.05) is 60.2 Å². The standard InChI is InChI=1S/C24H25NO2S/c1-17-8-2-7-13-24(17)28(26,27)25-22-12-6-5-11-19(22)16-21-20(14-15-23(21)25)18-9-3-4-10-18/h2,5-9,11-15,20-21,23H,3-4,10,16H2,1H3. The predicted molar refractivity (Wildman–Crippen MR) is 113 cm³/mol. The first kappa shape index (κ1) is 17.7. The second-order valence-corrected chi connectivity index (χ2v) is 9.92. The molecule has 0 N–H and O–H groups in total. The van der Waals surface area contributed by atoms with Crippen LogP contribution >= 0.6 is 0 Å². The van der Waals surface area contributed by atoms with Crippen molar-refractivity contribution in [1.29, 1.82) is 0 Å². The third kappa shape index (κ3) is 2.66. The van der Waals surface area contributed by atoms with Gasteiger partial charge in [0.25, 0.3) is 10.0 Å². The Bertz CT molecular complexity index is 1080. The molecule has 2 aromatic carbocycles. The molecule has 3 nitrogen and oxygen atoms in total. The number of sulfonamides is 1. The molecule has 0 saturated carbocycles. The fraction of sp³-hybridized carbons (Fsp3) is 0.333. The Morgan fingerprint density at radius 3 is 2.57 bits per heavy atom. The highest BCUT2D eigenvalue weighted by molar-refractivity contribution is 7.93. The summed E-state index contributed by atoms with van der Waals surface area (Å²) in [6.07, 6.45) is 11.2. The molecule has 2 aliphatic carbocycles. The zero-order valence-corrected chi connectivity index (χ0v) is 16.9. The van der Waals surface area contributed by atoms with E-state index in [0.29, 0.717) is 10.8 Å². The third-order valence-electron chi connectivity index (χ3n) is 6.51. The average Bonchev–Trinajstić information content (AvgIpc) is 3.35. The molecule has 4 heteroatoms. The highest BCUT2D eigenvalue weighted by Gasteiger charge is 2.46. The number of aryl methyl sites for hydroxylation is 1. The van der Waals surface area contributed by atoms with Crippen molar-refractivity contribution in [3.05, 3.63) is 83.5 Å². The molecule has 1 heterocycles. The Balaban J connectivity index is 1.64. The summed E-state index contributed by atoms with van der Waals surface area (Å²) in [7, 11) is -3.64. The summed E-state index contributed by atoms with van der Waals surface area (Å²) in [6.45, 7) is 1.87. The summed E-state index contributed by atoms with van der Waals surface area (Å²) in [5.74, 6) is 0.633. The molecule has 0 fully saturated rings.